The van der Waals surface area contributed by atoms with Crippen molar-refractivity contribution in [3.05, 3.63) is 66.0 Å². The molecule has 0 saturated heterocycles. The van der Waals surface area contributed by atoms with Gasteiger partial charge in [0.1, 0.15) is 5.82 Å². The van der Waals surface area contributed by atoms with Crippen LogP contribution in [0.1, 0.15) is 57.2 Å². The van der Waals surface area contributed by atoms with E-state index >= 15 is 0 Å². The highest BCUT2D eigenvalue weighted by atomic mass is 15.0. The molecule has 0 amide bonds. The van der Waals surface area contributed by atoms with E-state index in [0.29, 0.717) is 0 Å². The number of aryl methyl sites for hydroxylation is 3. The van der Waals surface area contributed by atoms with E-state index in [9.17, 15) is 0 Å². The van der Waals surface area contributed by atoms with Crippen LogP contribution < -0.4 is 0 Å². The minimum atomic E-state index is 1.03. The van der Waals surface area contributed by atoms with E-state index in [1.54, 1.807) is 0 Å². The van der Waals surface area contributed by atoms with Gasteiger partial charge in [0.25, 0.3) is 0 Å². The number of rotatable bonds is 9. The molecule has 2 nitrogen and oxygen atoms in total. The van der Waals surface area contributed by atoms with Gasteiger partial charge >= 0.3 is 0 Å². The predicted molar refractivity (Wildman–Crippen MR) is 116 cm³/mol. The number of hydrogen-bond acceptors (Lipinski definition) is 1. The summed E-state index contributed by atoms with van der Waals surface area (Å²) in [6.45, 7) is 4.46. The molecule has 0 radical (unpaired) electrons. The van der Waals surface area contributed by atoms with E-state index in [-0.39, 0.29) is 0 Å². The summed E-state index contributed by atoms with van der Waals surface area (Å²) in [7, 11) is 2.08. The Labute approximate surface area is 164 Å². The van der Waals surface area contributed by atoms with E-state index in [4.69, 9.17) is 4.98 Å². The van der Waals surface area contributed by atoms with Gasteiger partial charge < -0.3 is 4.57 Å². The lowest BCUT2D eigenvalue weighted by atomic mass is 9.99. The van der Waals surface area contributed by atoms with Crippen molar-refractivity contribution in [3.8, 4) is 22.5 Å². The van der Waals surface area contributed by atoms with E-state index in [2.05, 4.69) is 80.2 Å². The first-order valence-corrected chi connectivity index (χ1v) is 10.4. The van der Waals surface area contributed by atoms with Gasteiger partial charge in [0, 0.05) is 18.8 Å². The molecular weight excluding hydrogens is 328 g/mol. The molecule has 142 valence electrons. The van der Waals surface area contributed by atoms with Crippen molar-refractivity contribution in [2.45, 2.75) is 58.8 Å². The Balaban J connectivity index is 1.75. The molecule has 2 aromatic carbocycles. The van der Waals surface area contributed by atoms with Gasteiger partial charge in [-0.15, -0.1) is 0 Å². The maximum atomic E-state index is 4.83. The molecule has 0 N–H and O–H groups in total. The molecule has 3 rings (SSSR count). The third-order valence-electron chi connectivity index (χ3n) is 5.16. The topological polar surface area (TPSA) is 17.8 Å². The summed E-state index contributed by atoms with van der Waals surface area (Å²) in [4.78, 5) is 4.83. The third kappa shape index (κ3) is 5.09. The maximum Gasteiger partial charge on any atom is 0.139 e. The second-order valence-electron chi connectivity index (χ2n) is 7.51. The van der Waals surface area contributed by atoms with Crippen LogP contribution in [-0.2, 0) is 19.9 Å². The van der Waals surface area contributed by atoms with Crippen molar-refractivity contribution in [3.63, 3.8) is 0 Å². The van der Waals surface area contributed by atoms with Crippen molar-refractivity contribution < 1.29 is 0 Å². The fourth-order valence-corrected chi connectivity index (χ4v) is 3.63. The first-order valence-electron chi connectivity index (χ1n) is 10.4. The number of benzene rings is 2. The SMILES string of the molecule is CCCCCCc1ccc(-c2cccc(-c3nc(CCC)cn3C)c2)cc1. The lowest BCUT2D eigenvalue weighted by Crippen LogP contribution is -1.91. The molecule has 0 aliphatic carbocycles. The van der Waals surface area contributed by atoms with Crippen LogP contribution in [-0.4, -0.2) is 9.55 Å². The summed E-state index contributed by atoms with van der Waals surface area (Å²) in [6, 6.07) is 17.8. The lowest BCUT2D eigenvalue weighted by Gasteiger charge is -2.07. The summed E-state index contributed by atoms with van der Waals surface area (Å²) in [5, 5.41) is 0. The van der Waals surface area contributed by atoms with Gasteiger partial charge in [-0.25, -0.2) is 4.98 Å². The minimum absolute atomic E-state index is 1.03. The van der Waals surface area contributed by atoms with Gasteiger partial charge in [0.05, 0.1) is 5.69 Å². The van der Waals surface area contributed by atoms with Gasteiger partial charge in [0.2, 0.25) is 0 Å². The molecule has 1 heterocycles. The second-order valence-corrected chi connectivity index (χ2v) is 7.51. The molecule has 0 aliphatic heterocycles. The Morgan fingerprint density at radius 3 is 2.30 bits per heavy atom. The number of imidazole rings is 1. The molecule has 3 aromatic rings. The molecule has 1 aromatic heterocycles. The van der Waals surface area contributed by atoms with Gasteiger partial charge in [-0.05, 0) is 42.0 Å². The maximum absolute atomic E-state index is 4.83. The molecule has 2 heteroatoms. The summed E-state index contributed by atoms with van der Waals surface area (Å²) in [5.74, 6) is 1.05. The summed E-state index contributed by atoms with van der Waals surface area (Å²) < 4.78 is 2.14. The van der Waals surface area contributed by atoms with Crippen molar-refractivity contribution >= 4 is 0 Å². The molecule has 0 bridgehead atoms. The Morgan fingerprint density at radius 1 is 0.778 bits per heavy atom. The number of unbranched alkanes of at least 4 members (excludes halogenated alkanes) is 3. The Bertz CT molecular complexity index is 843. The largest absolute Gasteiger partial charge is 0.334 e. The molecule has 0 aliphatic rings. The monoisotopic (exact) mass is 360 g/mol. The zero-order chi connectivity index (χ0) is 19.1. The quantitative estimate of drug-likeness (QED) is 0.382. The van der Waals surface area contributed by atoms with Crippen LogP contribution in [0.4, 0.5) is 0 Å². The zero-order valence-corrected chi connectivity index (χ0v) is 17.0. The minimum Gasteiger partial charge on any atom is -0.334 e. The van der Waals surface area contributed by atoms with Crippen LogP contribution >= 0.6 is 0 Å². The summed E-state index contributed by atoms with van der Waals surface area (Å²) in [6.07, 6.45) is 10.8. The number of hydrogen-bond donors (Lipinski definition) is 0. The van der Waals surface area contributed by atoms with Gasteiger partial charge in [-0.2, -0.15) is 0 Å². The Morgan fingerprint density at radius 2 is 1.56 bits per heavy atom. The first-order chi connectivity index (χ1) is 13.2. The summed E-state index contributed by atoms with van der Waals surface area (Å²) in [5.41, 5.74) is 6.33. The normalized spacial score (nSPS) is 11.1. The number of nitrogens with zero attached hydrogens (tertiary/aromatic N) is 2. The molecule has 0 saturated carbocycles. The highest BCUT2D eigenvalue weighted by molar-refractivity contribution is 5.70. The average Bonchev–Trinajstić information content (AvgIpc) is 3.06. The molecule has 0 spiro atoms. The van der Waals surface area contributed by atoms with Crippen molar-refractivity contribution in [2.75, 3.05) is 0 Å². The van der Waals surface area contributed by atoms with Crippen LogP contribution in [0.3, 0.4) is 0 Å². The van der Waals surface area contributed by atoms with Crippen LogP contribution in [0.5, 0.6) is 0 Å². The molecule has 0 atom stereocenters. The second kappa shape index (κ2) is 9.55. The van der Waals surface area contributed by atoms with Crippen molar-refractivity contribution in [1.29, 1.82) is 0 Å². The van der Waals surface area contributed by atoms with Gasteiger partial charge in [0.15, 0.2) is 0 Å². The molecular formula is C25H32N2. The first kappa shape index (κ1) is 19.4. The van der Waals surface area contributed by atoms with E-state index in [1.165, 1.54) is 60.1 Å². The fraction of sp³-hybridized carbons (Fsp3) is 0.400. The van der Waals surface area contributed by atoms with E-state index in [0.717, 1.165) is 18.7 Å². The van der Waals surface area contributed by atoms with E-state index in [1.807, 2.05) is 0 Å². The smallest absolute Gasteiger partial charge is 0.139 e. The Kier molecular flexibility index (Phi) is 6.86. The van der Waals surface area contributed by atoms with Crippen molar-refractivity contribution in [2.24, 2.45) is 7.05 Å². The van der Waals surface area contributed by atoms with Crippen LogP contribution in [0, 0.1) is 0 Å². The molecule has 0 unspecified atom stereocenters. The van der Waals surface area contributed by atoms with Crippen LogP contribution in [0.25, 0.3) is 22.5 Å². The Hall–Kier alpha value is -2.35. The molecule has 0 fully saturated rings. The van der Waals surface area contributed by atoms with Crippen molar-refractivity contribution in [1.82, 2.24) is 9.55 Å². The highest BCUT2D eigenvalue weighted by Crippen LogP contribution is 2.26. The third-order valence-corrected chi connectivity index (χ3v) is 5.16. The predicted octanol–water partition coefficient (Wildman–Crippen LogP) is 6.83. The van der Waals surface area contributed by atoms with Crippen LogP contribution in [0.2, 0.25) is 0 Å². The standard InChI is InChI=1S/C25H32N2/c1-4-6-7-8-11-20-14-16-21(17-15-20)22-12-9-13-23(18-22)25-26-24(10-5-2)19-27(25)3/h9,12-19H,4-8,10-11H2,1-3H3. The van der Waals surface area contributed by atoms with Gasteiger partial charge in [-0.1, -0.05) is 82.0 Å². The lowest BCUT2D eigenvalue weighted by molar-refractivity contribution is 0.667. The molecule has 27 heavy (non-hydrogen) atoms. The zero-order valence-electron chi connectivity index (χ0n) is 17.0. The number of aromatic nitrogens is 2. The van der Waals surface area contributed by atoms with Crippen LogP contribution in [0.15, 0.2) is 54.7 Å². The highest BCUT2D eigenvalue weighted by Gasteiger charge is 2.09. The van der Waals surface area contributed by atoms with Gasteiger partial charge in [-0.3, -0.25) is 0 Å². The fourth-order valence-electron chi connectivity index (χ4n) is 3.63. The van der Waals surface area contributed by atoms with E-state index < -0.39 is 0 Å². The summed E-state index contributed by atoms with van der Waals surface area (Å²) >= 11 is 0. The average molecular weight is 361 g/mol.